The molecular formula is C8H7F3N4O3. The maximum absolute atomic E-state index is 12.1. The van der Waals surface area contributed by atoms with Crippen molar-refractivity contribution < 1.29 is 27.5 Å². The minimum Gasteiger partial charge on any atom is -0.442 e. The molecule has 1 aliphatic rings. The first-order valence-corrected chi connectivity index (χ1v) is 4.82. The van der Waals surface area contributed by atoms with Gasteiger partial charge >= 0.3 is 12.3 Å². The number of amides is 1. The lowest BCUT2D eigenvalue weighted by atomic mass is 10.3. The Hall–Kier alpha value is -2.13. The molecule has 7 nitrogen and oxygen atoms in total. The van der Waals surface area contributed by atoms with Crippen LogP contribution < -0.4 is 5.32 Å². The number of cyclic esters (lactones) is 1. The molecule has 0 radical (unpaired) electrons. The Bertz CT molecular complexity index is 484. The average molecular weight is 264 g/mol. The van der Waals surface area contributed by atoms with Crippen LogP contribution in [0.15, 0.2) is 6.20 Å². The van der Waals surface area contributed by atoms with Crippen LogP contribution in [0.5, 0.6) is 0 Å². The molecule has 1 fully saturated rings. The molecule has 10 heteroatoms. The predicted octanol–water partition coefficient (Wildman–Crippen LogP) is 0.131. The molecule has 1 aromatic heterocycles. The van der Waals surface area contributed by atoms with E-state index in [-0.39, 0.29) is 13.1 Å². The maximum atomic E-state index is 12.1. The van der Waals surface area contributed by atoms with E-state index >= 15 is 0 Å². The lowest BCUT2D eigenvalue weighted by Crippen LogP contribution is -2.23. The fourth-order valence-corrected chi connectivity index (χ4v) is 1.38. The molecule has 0 saturated carbocycles. The Balaban J connectivity index is 2.02. The number of rotatable bonds is 3. The smallest absolute Gasteiger partial charge is 0.442 e. The molecule has 1 atom stereocenters. The second-order valence-electron chi connectivity index (χ2n) is 3.56. The summed E-state index contributed by atoms with van der Waals surface area (Å²) in [7, 11) is 0. The van der Waals surface area contributed by atoms with E-state index in [0.717, 1.165) is 10.9 Å². The second kappa shape index (κ2) is 4.27. The summed E-state index contributed by atoms with van der Waals surface area (Å²) >= 11 is 0. The zero-order valence-electron chi connectivity index (χ0n) is 8.77. The van der Waals surface area contributed by atoms with E-state index in [1.165, 1.54) is 0 Å². The number of aromatic nitrogens is 3. The van der Waals surface area contributed by atoms with E-state index in [2.05, 4.69) is 15.6 Å². The molecule has 98 valence electrons. The Morgan fingerprint density at radius 1 is 1.61 bits per heavy atom. The minimum absolute atomic E-state index is 0.0247. The number of carbonyl (C=O) groups is 2. The van der Waals surface area contributed by atoms with Gasteiger partial charge in [0, 0.05) is 0 Å². The van der Waals surface area contributed by atoms with Gasteiger partial charge < -0.3 is 10.1 Å². The number of hydrogen-bond acceptors (Lipinski definition) is 5. The van der Waals surface area contributed by atoms with Crippen molar-refractivity contribution in [2.45, 2.75) is 18.8 Å². The molecule has 18 heavy (non-hydrogen) atoms. The summed E-state index contributed by atoms with van der Waals surface area (Å²) in [5.74, 6) is -2.06. The van der Waals surface area contributed by atoms with Crippen molar-refractivity contribution in [2.24, 2.45) is 0 Å². The quantitative estimate of drug-likeness (QED) is 0.784. The number of nitrogens with zero attached hydrogens (tertiary/aromatic N) is 3. The van der Waals surface area contributed by atoms with Crippen molar-refractivity contribution in [3.63, 3.8) is 0 Å². The number of nitrogens with one attached hydrogen (secondary N) is 1. The maximum Gasteiger partial charge on any atom is 0.456 e. The third-order valence-corrected chi connectivity index (χ3v) is 2.17. The van der Waals surface area contributed by atoms with Crippen LogP contribution in [0.1, 0.15) is 10.5 Å². The van der Waals surface area contributed by atoms with Gasteiger partial charge in [0.05, 0.1) is 19.3 Å². The van der Waals surface area contributed by atoms with Crippen molar-refractivity contribution in [3.8, 4) is 0 Å². The highest BCUT2D eigenvalue weighted by Gasteiger charge is 2.41. The first-order valence-electron chi connectivity index (χ1n) is 4.82. The third-order valence-electron chi connectivity index (χ3n) is 2.17. The van der Waals surface area contributed by atoms with Gasteiger partial charge in [0.2, 0.25) is 0 Å². The zero-order valence-corrected chi connectivity index (χ0v) is 8.77. The van der Waals surface area contributed by atoms with Crippen LogP contribution in [-0.2, 0) is 11.3 Å². The van der Waals surface area contributed by atoms with E-state index in [1.54, 1.807) is 0 Å². The van der Waals surface area contributed by atoms with E-state index < -0.39 is 29.9 Å². The molecule has 1 saturated heterocycles. The first kappa shape index (κ1) is 12.3. The van der Waals surface area contributed by atoms with Gasteiger partial charge in [-0.1, -0.05) is 5.21 Å². The number of ketones is 1. The first-order chi connectivity index (χ1) is 8.36. The number of alkyl carbamates (subject to hydrolysis) is 1. The SMILES string of the molecule is O=C1NCC(Cn2cc(C(=O)C(F)(F)F)nn2)O1. The summed E-state index contributed by atoms with van der Waals surface area (Å²) < 4.78 is 42.1. The molecule has 0 aromatic carbocycles. The largest absolute Gasteiger partial charge is 0.456 e. The molecule has 1 unspecified atom stereocenters. The van der Waals surface area contributed by atoms with Crippen molar-refractivity contribution in [1.82, 2.24) is 20.3 Å². The number of hydrogen-bond donors (Lipinski definition) is 1. The molecule has 2 heterocycles. The van der Waals surface area contributed by atoms with Crippen molar-refractivity contribution in [3.05, 3.63) is 11.9 Å². The molecule has 2 rings (SSSR count). The molecule has 1 aromatic rings. The minimum atomic E-state index is -4.98. The Morgan fingerprint density at radius 3 is 2.89 bits per heavy atom. The number of ether oxygens (including phenoxy) is 1. The van der Waals surface area contributed by atoms with Gasteiger partial charge in [-0.05, 0) is 0 Å². The Kier molecular flexibility index (Phi) is 2.93. The second-order valence-corrected chi connectivity index (χ2v) is 3.56. The van der Waals surface area contributed by atoms with Crippen LogP contribution in [0, 0.1) is 0 Å². The zero-order chi connectivity index (χ0) is 13.3. The number of alkyl halides is 3. The van der Waals surface area contributed by atoms with Crippen LogP contribution in [-0.4, -0.2) is 45.7 Å². The fourth-order valence-electron chi connectivity index (χ4n) is 1.38. The highest BCUT2D eigenvalue weighted by atomic mass is 19.4. The van der Waals surface area contributed by atoms with E-state index in [1.807, 2.05) is 0 Å². The lowest BCUT2D eigenvalue weighted by Gasteiger charge is -2.05. The summed E-state index contributed by atoms with van der Waals surface area (Å²) in [5.41, 5.74) is -0.792. The molecule has 1 amide bonds. The lowest BCUT2D eigenvalue weighted by molar-refractivity contribution is -0.0888. The van der Waals surface area contributed by atoms with Crippen molar-refractivity contribution in [1.29, 1.82) is 0 Å². The highest BCUT2D eigenvalue weighted by Crippen LogP contribution is 2.19. The van der Waals surface area contributed by atoms with Crippen LogP contribution in [0.2, 0.25) is 0 Å². The third kappa shape index (κ3) is 2.57. The van der Waals surface area contributed by atoms with Gasteiger partial charge in [-0.25, -0.2) is 9.48 Å². The van der Waals surface area contributed by atoms with Crippen LogP contribution in [0.25, 0.3) is 0 Å². The molecule has 1 N–H and O–H groups in total. The monoisotopic (exact) mass is 264 g/mol. The molecule has 0 spiro atoms. The van der Waals surface area contributed by atoms with Crippen LogP contribution in [0.4, 0.5) is 18.0 Å². The van der Waals surface area contributed by atoms with E-state index in [9.17, 15) is 22.8 Å². The molecular weight excluding hydrogens is 257 g/mol. The fraction of sp³-hybridized carbons (Fsp3) is 0.500. The Labute approximate surface area is 97.9 Å². The highest BCUT2D eigenvalue weighted by molar-refractivity contribution is 5.98. The van der Waals surface area contributed by atoms with Crippen molar-refractivity contribution in [2.75, 3.05) is 6.54 Å². The van der Waals surface area contributed by atoms with Gasteiger partial charge in [-0.15, -0.1) is 5.10 Å². The average Bonchev–Trinajstić information content (AvgIpc) is 2.86. The molecule has 1 aliphatic heterocycles. The van der Waals surface area contributed by atoms with Gasteiger partial charge in [0.1, 0.15) is 6.10 Å². The van der Waals surface area contributed by atoms with Gasteiger partial charge in [0.15, 0.2) is 5.69 Å². The van der Waals surface area contributed by atoms with Gasteiger partial charge in [-0.2, -0.15) is 13.2 Å². The van der Waals surface area contributed by atoms with Crippen molar-refractivity contribution >= 4 is 11.9 Å². The topological polar surface area (TPSA) is 86.1 Å². The van der Waals surface area contributed by atoms with E-state index in [4.69, 9.17) is 4.74 Å². The summed E-state index contributed by atoms with van der Waals surface area (Å²) in [6.07, 6.45) is -5.27. The van der Waals surface area contributed by atoms with Crippen LogP contribution >= 0.6 is 0 Å². The summed E-state index contributed by atoms with van der Waals surface area (Å²) in [5, 5.41) is 8.87. The summed E-state index contributed by atoms with van der Waals surface area (Å²) in [6.45, 7) is 0.248. The number of Topliss-reactive ketones (excluding diaryl/α,β-unsaturated/α-hetero) is 1. The van der Waals surface area contributed by atoms with Gasteiger partial charge in [-0.3, -0.25) is 4.79 Å². The van der Waals surface area contributed by atoms with Gasteiger partial charge in [0.25, 0.3) is 5.78 Å². The summed E-state index contributed by atoms with van der Waals surface area (Å²) in [4.78, 5) is 21.5. The normalized spacial score (nSPS) is 19.5. The molecule has 0 bridgehead atoms. The number of carbonyl (C=O) groups excluding carboxylic acids is 2. The molecule has 0 aliphatic carbocycles. The van der Waals surface area contributed by atoms with E-state index in [0.29, 0.717) is 0 Å². The number of halogens is 3. The predicted molar refractivity (Wildman–Crippen MR) is 48.7 cm³/mol. The Morgan fingerprint density at radius 2 is 2.33 bits per heavy atom. The standard InChI is InChI=1S/C8H7F3N4O3/c9-8(10,11)6(16)5-3-15(14-13-5)2-4-1-12-7(17)18-4/h3-4H,1-2H2,(H,12,17). The summed E-state index contributed by atoms with van der Waals surface area (Å²) in [6, 6.07) is 0. The van der Waals surface area contributed by atoms with Crippen LogP contribution in [0.3, 0.4) is 0 Å².